The Labute approximate surface area is 227 Å². The minimum atomic E-state index is -4.48. The van der Waals surface area contributed by atoms with Gasteiger partial charge in [-0.1, -0.05) is 42.2 Å². The average Bonchev–Trinajstić information content (AvgIpc) is 3.15. The first-order valence-electron chi connectivity index (χ1n) is 11.8. The zero-order valence-corrected chi connectivity index (χ0v) is 21.8. The Kier molecular flexibility index (Phi) is 9.08. The normalized spacial score (nSPS) is 17.9. The molecule has 0 aliphatic carbocycles. The molecule has 0 bridgehead atoms. The highest BCUT2D eigenvalue weighted by atomic mass is 32.2. The third kappa shape index (κ3) is 7.13. The van der Waals surface area contributed by atoms with Crippen molar-refractivity contribution in [2.75, 3.05) is 46.0 Å². The van der Waals surface area contributed by atoms with E-state index in [1.165, 1.54) is 11.0 Å². The summed E-state index contributed by atoms with van der Waals surface area (Å²) in [5.74, 6) is -1.01. The number of carbonyl (C=O) groups excluding carboxylic acids is 1. The van der Waals surface area contributed by atoms with E-state index in [2.05, 4.69) is 4.90 Å². The van der Waals surface area contributed by atoms with E-state index >= 15 is 0 Å². The first-order chi connectivity index (χ1) is 18.1. The largest absolute Gasteiger partial charge is 0.492 e. The molecule has 38 heavy (non-hydrogen) atoms. The van der Waals surface area contributed by atoms with E-state index in [1.807, 2.05) is 0 Å². The fourth-order valence-electron chi connectivity index (χ4n) is 4.00. The predicted molar refractivity (Wildman–Crippen MR) is 142 cm³/mol. The summed E-state index contributed by atoms with van der Waals surface area (Å²) in [5.41, 5.74) is 0.620. The van der Waals surface area contributed by atoms with Crippen LogP contribution in [0.25, 0.3) is 17.2 Å². The number of ether oxygens (including phenoxy) is 2. The maximum Gasteiger partial charge on any atom is 0.416 e. The number of halogens is 3. The summed E-state index contributed by atoms with van der Waals surface area (Å²) in [6.45, 7) is 3.87. The molecule has 0 saturated carbocycles. The number of nitrogens with zero attached hydrogens (tertiary/aromatic N) is 2. The summed E-state index contributed by atoms with van der Waals surface area (Å²) in [5, 5.41) is 8.97. The smallest absolute Gasteiger partial charge is 0.416 e. The van der Waals surface area contributed by atoms with Gasteiger partial charge in [0.05, 0.1) is 30.1 Å². The van der Waals surface area contributed by atoms with E-state index in [0.29, 0.717) is 48.8 Å². The molecule has 0 unspecified atom stereocenters. The minimum Gasteiger partial charge on any atom is -0.492 e. The molecular formula is C26H25F3N2O5S2. The SMILES string of the molecule is O=C(O)CCN1C(=O)C(=Cc2cc(-c3cccc(C(F)(F)F)c3)ccc2OCCN2CCOCC2)SC1=S. The quantitative estimate of drug-likeness (QED) is 0.344. The number of benzene rings is 2. The summed E-state index contributed by atoms with van der Waals surface area (Å²) in [6, 6.07) is 10.0. The minimum absolute atomic E-state index is 0.0511. The van der Waals surface area contributed by atoms with Crippen molar-refractivity contribution in [2.24, 2.45) is 0 Å². The van der Waals surface area contributed by atoms with Gasteiger partial charge in [-0.3, -0.25) is 19.4 Å². The van der Waals surface area contributed by atoms with Crippen molar-refractivity contribution < 1.29 is 37.3 Å². The number of hydrogen-bond acceptors (Lipinski definition) is 7. The molecule has 12 heteroatoms. The van der Waals surface area contributed by atoms with Crippen molar-refractivity contribution in [3.05, 3.63) is 58.5 Å². The van der Waals surface area contributed by atoms with Crippen LogP contribution in [0, 0.1) is 0 Å². The van der Waals surface area contributed by atoms with Gasteiger partial charge in [-0.05, 0) is 41.5 Å². The van der Waals surface area contributed by atoms with E-state index < -0.39 is 23.6 Å². The number of amides is 1. The van der Waals surface area contributed by atoms with Gasteiger partial charge in [0.15, 0.2) is 0 Å². The molecule has 2 aliphatic heterocycles. The van der Waals surface area contributed by atoms with E-state index in [0.717, 1.165) is 37.0 Å². The maximum absolute atomic E-state index is 13.3. The lowest BCUT2D eigenvalue weighted by molar-refractivity contribution is -0.138. The number of carboxylic acid groups (broad SMARTS) is 1. The van der Waals surface area contributed by atoms with E-state index in [4.69, 9.17) is 26.8 Å². The predicted octanol–water partition coefficient (Wildman–Crippen LogP) is 4.76. The number of aliphatic carboxylic acids is 1. The molecule has 2 saturated heterocycles. The number of morpholine rings is 1. The standard InChI is InChI=1S/C26H25F3N2O5S2/c27-26(28,29)20-3-1-2-17(15-20)18-4-5-21(36-13-10-30-8-11-35-12-9-30)19(14-18)16-22-24(34)31(25(37)38-22)7-6-23(32)33/h1-5,14-16H,6-13H2,(H,32,33). The molecule has 2 aliphatic rings. The van der Waals surface area contributed by atoms with Crippen LogP contribution in [0.5, 0.6) is 5.75 Å². The van der Waals surface area contributed by atoms with Gasteiger partial charge in [0.1, 0.15) is 16.7 Å². The van der Waals surface area contributed by atoms with Crippen molar-refractivity contribution in [3.63, 3.8) is 0 Å². The Bertz CT molecular complexity index is 1250. The Morgan fingerprint density at radius 3 is 2.58 bits per heavy atom. The highest BCUT2D eigenvalue weighted by Crippen LogP contribution is 2.37. The Balaban J connectivity index is 1.62. The molecule has 0 atom stereocenters. The van der Waals surface area contributed by atoms with Crippen molar-refractivity contribution >= 4 is 46.3 Å². The fraction of sp³-hybridized carbons (Fsp3) is 0.346. The van der Waals surface area contributed by atoms with Gasteiger partial charge in [0, 0.05) is 31.7 Å². The molecule has 2 aromatic rings. The second-order valence-electron chi connectivity index (χ2n) is 8.61. The zero-order chi connectivity index (χ0) is 27.3. The maximum atomic E-state index is 13.3. The van der Waals surface area contributed by atoms with Crippen LogP contribution in [0.2, 0.25) is 0 Å². The summed E-state index contributed by atoms with van der Waals surface area (Å²) < 4.78 is 51.5. The summed E-state index contributed by atoms with van der Waals surface area (Å²) in [6.07, 6.45) is -3.15. The number of hydrogen-bond donors (Lipinski definition) is 1. The Hall–Kier alpha value is -2.93. The van der Waals surface area contributed by atoms with Crippen LogP contribution in [-0.2, 0) is 20.5 Å². The summed E-state index contributed by atoms with van der Waals surface area (Å²) >= 11 is 6.31. The highest BCUT2D eigenvalue weighted by molar-refractivity contribution is 8.26. The topological polar surface area (TPSA) is 79.3 Å². The lowest BCUT2D eigenvalue weighted by Crippen LogP contribution is -2.38. The fourth-order valence-corrected chi connectivity index (χ4v) is 5.30. The number of carboxylic acids is 1. The molecule has 2 aromatic carbocycles. The van der Waals surface area contributed by atoms with Gasteiger partial charge in [0.25, 0.3) is 5.91 Å². The zero-order valence-electron chi connectivity index (χ0n) is 20.2. The second kappa shape index (κ2) is 12.3. The summed E-state index contributed by atoms with van der Waals surface area (Å²) in [4.78, 5) is 27.6. The lowest BCUT2D eigenvalue weighted by Gasteiger charge is -2.26. The number of carbonyl (C=O) groups is 2. The second-order valence-corrected chi connectivity index (χ2v) is 10.3. The molecule has 0 aromatic heterocycles. The van der Waals surface area contributed by atoms with Crippen molar-refractivity contribution in [2.45, 2.75) is 12.6 Å². The van der Waals surface area contributed by atoms with Crippen LogP contribution in [0.3, 0.4) is 0 Å². The molecule has 1 amide bonds. The van der Waals surface area contributed by atoms with Crippen LogP contribution in [-0.4, -0.2) is 77.1 Å². The first-order valence-corrected chi connectivity index (χ1v) is 13.1. The van der Waals surface area contributed by atoms with Crippen LogP contribution < -0.4 is 4.74 Å². The number of alkyl halides is 3. The van der Waals surface area contributed by atoms with Gasteiger partial charge in [-0.2, -0.15) is 13.2 Å². The molecule has 0 radical (unpaired) electrons. The van der Waals surface area contributed by atoms with Gasteiger partial charge < -0.3 is 14.6 Å². The molecule has 2 fully saturated rings. The first kappa shape index (κ1) is 28.1. The van der Waals surface area contributed by atoms with Crippen LogP contribution in [0.15, 0.2) is 47.4 Å². The molecule has 7 nitrogen and oxygen atoms in total. The van der Waals surface area contributed by atoms with Crippen LogP contribution in [0.4, 0.5) is 13.2 Å². The monoisotopic (exact) mass is 566 g/mol. The van der Waals surface area contributed by atoms with Gasteiger partial charge in [-0.15, -0.1) is 0 Å². The number of thioether (sulfide) groups is 1. The molecule has 1 N–H and O–H groups in total. The van der Waals surface area contributed by atoms with Gasteiger partial charge >= 0.3 is 12.1 Å². The van der Waals surface area contributed by atoms with E-state index in [-0.39, 0.29) is 22.2 Å². The number of thiocarbonyl (C=S) groups is 1. The molecule has 4 rings (SSSR count). The van der Waals surface area contributed by atoms with Gasteiger partial charge in [0.2, 0.25) is 0 Å². The Morgan fingerprint density at radius 1 is 1.13 bits per heavy atom. The lowest BCUT2D eigenvalue weighted by atomic mass is 10.00. The molecule has 2 heterocycles. The average molecular weight is 567 g/mol. The van der Waals surface area contributed by atoms with Crippen LogP contribution >= 0.6 is 24.0 Å². The van der Waals surface area contributed by atoms with E-state index in [1.54, 1.807) is 30.3 Å². The van der Waals surface area contributed by atoms with Crippen molar-refractivity contribution in [1.29, 1.82) is 0 Å². The van der Waals surface area contributed by atoms with Crippen LogP contribution in [0.1, 0.15) is 17.5 Å². The third-order valence-electron chi connectivity index (χ3n) is 6.01. The van der Waals surface area contributed by atoms with E-state index in [9.17, 15) is 22.8 Å². The molecule has 202 valence electrons. The summed E-state index contributed by atoms with van der Waals surface area (Å²) in [7, 11) is 0. The van der Waals surface area contributed by atoms with Crippen molar-refractivity contribution in [1.82, 2.24) is 9.80 Å². The molecule has 0 spiro atoms. The highest BCUT2D eigenvalue weighted by Gasteiger charge is 2.33. The van der Waals surface area contributed by atoms with Crippen molar-refractivity contribution in [3.8, 4) is 16.9 Å². The third-order valence-corrected chi connectivity index (χ3v) is 7.39. The van der Waals surface area contributed by atoms with Gasteiger partial charge in [-0.25, -0.2) is 0 Å². The molecular weight excluding hydrogens is 541 g/mol. The number of rotatable bonds is 9. The Morgan fingerprint density at radius 2 is 1.87 bits per heavy atom.